The van der Waals surface area contributed by atoms with Crippen LogP contribution >= 0.6 is 0 Å². The van der Waals surface area contributed by atoms with Crippen molar-refractivity contribution >= 4 is 0 Å². The molecule has 0 aromatic rings. The summed E-state index contributed by atoms with van der Waals surface area (Å²) in [6, 6.07) is 0. The summed E-state index contributed by atoms with van der Waals surface area (Å²) in [5.74, 6) is -1.15. The van der Waals surface area contributed by atoms with Crippen LogP contribution in [0.3, 0.4) is 0 Å². The molecule has 0 aromatic heterocycles. The van der Waals surface area contributed by atoms with Crippen LogP contribution in [0.25, 0.3) is 0 Å². The van der Waals surface area contributed by atoms with E-state index in [9.17, 15) is 13.2 Å². The fraction of sp³-hybridized carbons (Fsp3) is 1.00. The molecule has 1 fully saturated rings. The first-order valence-corrected chi connectivity index (χ1v) is 3.70. The quantitative estimate of drug-likeness (QED) is 0.677. The monoisotopic (exact) mass is 167 g/mol. The highest BCUT2D eigenvalue weighted by atomic mass is 19.3. The van der Waals surface area contributed by atoms with E-state index in [1.165, 1.54) is 0 Å². The minimum Gasteiger partial charge on any atom is -0.325 e. The van der Waals surface area contributed by atoms with Crippen LogP contribution in [-0.2, 0) is 0 Å². The van der Waals surface area contributed by atoms with E-state index in [4.69, 9.17) is 5.73 Å². The van der Waals surface area contributed by atoms with Crippen molar-refractivity contribution in [1.82, 2.24) is 0 Å². The highest BCUT2D eigenvalue weighted by Crippen LogP contribution is 2.39. The number of hydrogen-bond donors (Lipinski definition) is 1. The molecule has 0 aliphatic heterocycles. The highest BCUT2D eigenvalue weighted by Gasteiger charge is 2.42. The van der Waals surface area contributed by atoms with Crippen LogP contribution in [0.5, 0.6) is 0 Å². The van der Waals surface area contributed by atoms with Crippen LogP contribution < -0.4 is 5.73 Å². The summed E-state index contributed by atoms with van der Waals surface area (Å²) in [7, 11) is 0. The van der Waals surface area contributed by atoms with Gasteiger partial charge >= 0.3 is 0 Å². The molecule has 0 aromatic carbocycles. The van der Waals surface area contributed by atoms with Crippen molar-refractivity contribution in [2.24, 2.45) is 11.7 Å². The van der Waals surface area contributed by atoms with Gasteiger partial charge in [0.1, 0.15) is 0 Å². The third kappa shape index (κ3) is 2.36. The van der Waals surface area contributed by atoms with Gasteiger partial charge in [-0.15, -0.1) is 0 Å². The number of hydrogen-bond acceptors (Lipinski definition) is 1. The van der Waals surface area contributed by atoms with Crippen LogP contribution in [-0.4, -0.2) is 18.6 Å². The Balaban J connectivity index is 2.31. The Bertz CT molecular complexity index is 134. The number of rotatable bonds is 4. The molecule has 1 saturated carbocycles. The lowest BCUT2D eigenvalue weighted by molar-refractivity contribution is 0.0524. The molecule has 0 bridgehead atoms. The summed E-state index contributed by atoms with van der Waals surface area (Å²) in [5.41, 5.74) is 5.10. The van der Waals surface area contributed by atoms with Gasteiger partial charge in [-0.25, -0.2) is 8.78 Å². The zero-order valence-corrected chi connectivity index (χ0v) is 6.19. The molecule has 0 spiro atoms. The maximum Gasteiger partial charge on any atom is 0.244 e. The van der Waals surface area contributed by atoms with E-state index in [2.05, 4.69) is 0 Å². The Morgan fingerprint density at radius 2 is 1.91 bits per heavy atom. The van der Waals surface area contributed by atoms with Gasteiger partial charge in [-0.1, -0.05) is 0 Å². The third-order valence-corrected chi connectivity index (χ3v) is 2.12. The van der Waals surface area contributed by atoms with E-state index in [0.29, 0.717) is 0 Å². The second kappa shape index (κ2) is 3.01. The van der Waals surface area contributed by atoms with Crippen LogP contribution in [0.4, 0.5) is 13.2 Å². The van der Waals surface area contributed by atoms with E-state index in [1.54, 1.807) is 0 Å². The minimum atomic E-state index is -2.57. The Labute approximate surface area is 63.8 Å². The van der Waals surface area contributed by atoms with E-state index in [1.807, 2.05) is 0 Å². The van der Waals surface area contributed by atoms with Gasteiger partial charge in [-0.05, 0) is 19.3 Å². The fourth-order valence-electron chi connectivity index (χ4n) is 1.10. The van der Waals surface area contributed by atoms with Crippen molar-refractivity contribution in [3.63, 3.8) is 0 Å². The van der Waals surface area contributed by atoms with E-state index in [0.717, 1.165) is 12.8 Å². The Morgan fingerprint density at radius 1 is 1.36 bits per heavy atom. The van der Waals surface area contributed by atoms with Gasteiger partial charge in [0.2, 0.25) is 6.43 Å². The van der Waals surface area contributed by atoms with E-state index in [-0.39, 0.29) is 6.42 Å². The number of alkyl halides is 3. The van der Waals surface area contributed by atoms with Gasteiger partial charge in [0.25, 0.3) is 0 Å². The second-order valence-corrected chi connectivity index (χ2v) is 3.32. The summed E-state index contributed by atoms with van der Waals surface area (Å²) >= 11 is 0. The third-order valence-electron chi connectivity index (χ3n) is 2.12. The number of halogens is 3. The van der Waals surface area contributed by atoms with Gasteiger partial charge in [-0.3, -0.25) is 4.39 Å². The predicted molar refractivity (Wildman–Crippen MR) is 36.2 cm³/mol. The molecule has 1 nitrogen and oxygen atoms in total. The summed E-state index contributed by atoms with van der Waals surface area (Å²) in [4.78, 5) is 0. The molecular weight excluding hydrogens is 155 g/mol. The smallest absolute Gasteiger partial charge is 0.244 e. The van der Waals surface area contributed by atoms with E-state index < -0.39 is 24.6 Å². The largest absolute Gasteiger partial charge is 0.325 e. The molecule has 0 saturated heterocycles. The van der Waals surface area contributed by atoms with Gasteiger partial charge in [0.05, 0.1) is 6.67 Å². The Morgan fingerprint density at radius 3 is 2.18 bits per heavy atom. The molecule has 1 aliphatic rings. The van der Waals surface area contributed by atoms with Crippen molar-refractivity contribution in [2.75, 3.05) is 6.67 Å². The first-order chi connectivity index (χ1) is 5.07. The maximum absolute atomic E-state index is 12.0. The molecule has 4 heteroatoms. The summed E-state index contributed by atoms with van der Waals surface area (Å²) in [6.45, 7) is -0.962. The molecular formula is C7H12F3N. The lowest BCUT2D eigenvalue weighted by Gasteiger charge is -2.15. The SMILES string of the molecule is NC1(CC(CF)C(F)F)CC1. The Hall–Kier alpha value is -0.250. The maximum atomic E-state index is 12.0. The van der Waals surface area contributed by atoms with Crippen molar-refractivity contribution in [3.8, 4) is 0 Å². The van der Waals surface area contributed by atoms with Crippen molar-refractivity contribution in [2.45, 2.75) is 31.2 Å². The predicted octanol–water partition coefficient (Wildman–Crippen LogP) is 1.72. The first kappa shape index (κ1) is 8.84. The average molecular weight is 167 g/mol. The van der Waals surface area contributed by atoms with Gasteiger partial charge in [-0.2, -0.15) is 0 Å². The molecule has 0 heterocycles. The molecule has 1 unspecified atom stereocenters. The van der Waals surface area contributed by atoms with Gasteiger partial charge in [0.15, 0.2) is 0 Å². The van der Waals surface area contributed by atoms with Crippen LogP contribution in [0.2, 0.25) is 0 Å². The van der Waals surface area contributed by atoms with Gasteiger partial charge in [0, 0.05) is 11.5 Å². The van der Waals surface area contributed by atoms with E-state index >= 15 is 0 Å². The summed E-state index contributed by atoms with van der Waals surface area (Å²) in [6.07, 6.45) is -0.922. The van der Waals surface area contributed by atoms with Crippen LogP contribution in [0.1, 0.15) is 19.3 Å². The van der Waals surface area contributed by atoms with Crippen molar-refractivity contribution < 1.29 is 13.2 Å². The molecule has 0 radical (unpaired) electrons. The molecule has 1 atom stereocenters. The summed E-state index contributed by atoms with van der Waals surface area (Å²) in [5, 5.41) is 0. The molecule has 11 heavy (non-hydrogen) atoms. The zero-order chi connectivity index (χ0) is 8.48. The normalized spacial score (nSPS) is 23.7. The van der Waals surface area contributed by atoms with Crippen molar-refractivity contribution in [3.05, 3.63) is 0 Å². The summed E-state index contributed by atoms with van der Waals surface area (Å²) < 4.78 is 35.9. The van der Waals surface area contributed by atoms with Crippen molar-refractivity contribution in [1.29, 1.82) is 0 Å². The first-order valence-electron chi connectivity index (χ1n) is 3.70. The highest BCUT2D eigenvalue weighted by molar-refractivity contribution is 5.00. The standard InChI is InChI=1S/C7H12F3N/c8-4-5(6(9)10)3-7(11)1-2-7/h5-6H,1-4,11H2. The topological polar surface area (TPSA) is 26.0 Å². The molecule has 2 N–H and O–H groups in total. The van der Waals surface area contributed by atoms with Gasteiger partial charge < -0.3 is 5.73 Å². The minimum absolute atomic E-state index is 0.126. The van der Waals surface area contributed by atoms with Crippen LogP contribution in [0.15, 0.2) is 0 Å². The number of nitrogens with two attached hydrogens (primary N) is 1. The molecule has 66 valence electrons. The Kier molecular flexibility index (Phi) is 2.42. The second-order valence-electron chi connectivity index (χ2n) is 3.32. The fourth-order valence-corrected chi connectivity index (χ4v) is 1.10. The molecule has 0 amide bonds. The molecule has 1 aliphatic carbocycles. The van der Waals surface area contributed by atoms with Crippen LogP contribution in [0, 0.1) is 5.92 Å². The zero-order valence-electron chi connectivity index (χ0n) is 6.19. The lowest BCUT2D eigenvalue weighted by atomic mass is 10.0. The average Bonchev–Trinajstić information content (AvgIpc) is 2.64. The lowest BCUT2D eigenvalue weighted by Crippen LogP contribution is -2.29. The molecule has 1 rings (SSSR count).